The Labute approximate surface area is 104 Å². The van der Waals surface area contributed by atoms with Gasteiger partial charge in [0.05, 0.1) is 6.04 Å². The van der Waals surface area contributed by atoms with Crippen molar-refractivity contribution in [1.29, 1.82) is 0 Å². The number of hydrogen-bond donors (Lipinski definition) is 1. The molecule has 0 spiro atoms. The average Bonchev–Trinajstić information content (AvgIpc) is 2.23. The van der Waals surface area contributed by atoms with Gasteiger partial charge in [0.25, 0.3) is 0 Å². The van der Waals surface area contributed by atoms with Gasteiger partial charge in [-0.1, -0.05) is 36.7 Å². The van der Waals surface area contributed by atoms with Crippen LogP contribution in [0.15, 0.2) is 30.4 Å². The van der Waals surface area contributed by atoms with Crippen molar-refractivity contribution in [2.45, 2.75) is 33.2 Å². The average molecular weight is 238 g/mol. The molecule has 0 saturated carbocycles. The minimum Gasteiger partial charge on any atom is -0.307 e. The van der Waals surface area contributed by atoms with E-state index in [1.807, 2.05) is 19.1 Å². The molecule has 0 radical (unpaired) electrons. The van der Waals surface area contributed by atoms with Crippen LogP contribution in [0.2, 0.25) is 5.02 Å². The zero-order valence-corrected chi connectivity index (χ0v) is 11.1. The molecule has 0 heterocycles. The lowest BCUT2D eigenvalue weighted by atomic mass is 9.96. The van der Waals surface area contributed by atoms with Crippen LogP contribution in [0.4, 0.5) is 0 Å². The lowest BCUT2D eigenvalue weighted by Gasteiger charge is -2.21. The van der Waals surface area contributed by atoms with E-state index in [-0.39, 0.29) is 6.04 Å². The molecular weight excluding hydrogens is 218 g/mol. The zero-order valence-electron chi connectivity index (χ0n) is 10.3. The summed E-state index contributed by atoms with van der Waals surface area (Å²) < 4.78 is 0. The van der Waals surface area contributed by atoms with Crippen molar-refractivity contribution < 1.29 is 0 Å². The molecule has 0 bridgehead atoms. The van der Waals surface area contributed by atoms with Gasteiger partial charge < -0.3 is 5.32 Å². The fourth-order valence-electron chi connectivity index (χ4n) is 1.76. The summed E-state index contributed by atoms with van der Waals surface area (Å²) in [6.45, 7) is 11.4. The van der Waals surface area contributed by atoms with Crippen molar-refractivity contribution in [1.82, 2.24) is 5.32 Å². The lowest BCUT2D eigenvalue weighted by molar-refractivity contribution is 0.589. The van der Waals surface area contributed by atoms with Gasteiger partial charge in [-0.2, -0.15) is 0 Å². The molecule has 0 fully saturated rings. The first-order valence-electron chi connectivity index (χ1n) is 5.71. The summed E-state index contributed by atoms with van der Waals surface area (Å²) >= 11 is 6.04. The van der Waals surface area contributed by atoms with Crippen LogP contribution in [0, 0.1) is 6.92 Å². The van der Waals surface area contributed by atoms with E-state index in [1.165, 1.54) is 11.1 Å². The van der Waals surface area contributed by atoms with E-state index >= 15 is 0 Å². The van der Waals surface area contributed by atoms with E-state index in [2.05, 4.69) is 31.8 Å². The van der Waals surface area contributed by atoms with Gasteiger partial charge in [0.1, 0.15) is 0 Å². The molecule has 1 unspecified atom stereocenters. The maximum Gasteiger partial charge on any atom is 0.0533 e. The monoisotopic (exact) mass is 237 g/mol. The summed E-state index contributed by atoms with van der Waals surface area (Å²) in [6, 6.07) is 6.22. The molecular formula is C14H20ClN. The maximum atomic E-state index is 6.04. The fraction of sp³-hybridized carbons (Fsp3) is 0.429. The van der Waals surface area contributed by atoms with E-state index in [1.54, 1.807) is 0 Å². The Hall–Kier alpha value is -0.790. The quantitative estimate of drug-likeness (QED) is 0.755. The van der Waals surface area contributed by atoms with Crippen LogP contribution < -0.4 is 5.32 Å². The van der Waals surface area contributed by atoms with Crippen LogP contribution in [0.3, 0.4) is 0 Å². The van der Waals surface area contributed by atoms with Crippen molar-refractivity contribution in [3.8, 4) is 0 Å². The maximum absolute atomic E-state index is 6.04. The van der Waals surface area contributed by atoms with Gasteiger partial charge in [-0.15, -0.1) is 0 Å². The topological polar surface area (TPSA) is 12.0 Å². The SMILES string of the molecule is C=C(C)C(NCCC)c1cc(Cl)ccc1C. The third-order valence-corrected chi connectivity index (χ3v) is 2.88. The van der Waals surface area contributed by atoms with E-state index < -0.39 is 0 Å². The third-order valence-electron chi connectivity index (χ3n) is 2.64. The normalized spacial score (nSPS) is 12.5. The summed E-state index contributed by atoms with van der Waals surface area (Å²) in [5, 5.41) is 4.28. The van der Waals surface area contributed by atoms with Gasteiger partial charge in [0, 0.05) is 5.02 Å². The Bertz CT molecular complexity index is 371. The first-order valence-corrected chi connectivity index (χ1v) is 6.09. The van der Waals surface area contributed by atoms with Crippen LogP contribution in [-0.2, 0) is 0 Å². The number of benzene rings is 1. The second kappa shape index (κ2) is 6.07. The highest BCUT2D eigenvalue weighted by molar-refractivity contribution is 6.30. The van der Waals surface area contributed by atoms with Crippen LogP contribution in [0.5, 0.6) is 0 Å². The zero-order chi connectivity index (χ0) is 12.1. The highest BCUT2D eigenvalue weighted by atomic mass is 35.5. The Balaban J connectivity index is 3.00. The molecule has 1 aromatic carbocycles. The van der Waals surface area contributed by atoms with E-state index in [0.717, 1.165) is 23.6 Å². The molecule has 88 valence electrons. The summed E-state index contributed by atoms with van der Waals surface area (Å²) in [5.41, 5.74) is 3.60. The van der Waals surface area contributed by atoms with Gasteiger partial charge in [-0.05, 0) is 50.1 Å². The molecule has 16 heavy (non-hydrogen) atoms. The smallest absolute Gasteiger partial charge is 0.0533 e. The molecule has 0 amide bonds. The number of hydrogen-bond acceptors (Lipinski definition) is 1. The molecule has 0 aliphatic rings. The first kappa shape index (κ1) is 13.3. The number of rotatable bonds is 5. The molecule has 1 rings (SSSR count). The molecule has 1 atom stereocenters. The minimum atomic E-state index is 0.207. The Morgan fingerprint density at radius 1 is 1.50 bits per heavy atom. The lowest BCUT2D eigenvalue weighted by Crippen LogP contribution is -2.23. The number of halogens is 1. The highest BCUT2D eigenvalue weighted by Crippen LogP contribution is 2.26. The fourth-order valence-corrected chi connectivity index (χ4v) is 1.94. The minimum absolute atomic E-state index is 0.207. The van der Waals surface area contributed by atoms with E-state index in [9.17, 15) is 0 Å². The molecule has 1 N–H and O–H groups in total. The molecule has 1 nitrogen and oxygen atoms in total. The predicted molar refractivity (Wildman–Crippen MR) is 72.0 cm³/mol. The molecule has 2 heteroatoms. The summed E-state index contributed by atoms with van der Waals surface area (Å²) in [5.74, 6) is 0. The Morgan fingerprint density at radius 3 is 2.75 bits per heavy atom. The van der Waals surface area contributed by atoms with Crippen molar-refractivity contribution in [2.75, 3.05) is 6.54 Å². The molecule has 0 aliphatic carbocycles. The number of aryl methyl sites for hydroxylation is 1. The van der Waals surface area contributed by atoms with Crippen LogP contribution in [0.25, 0.3) is 0 Å². The van der Waals surface area contributed by atoms with Crippen LogP contribution in [0.1, 0.15) is 37.4 Å². The highest BCUT2D eigenvalue weighted by Gasteiger charge is 2.13. The molecule has 0 aromatic heterocycles. The van der Waals surface area contributed by atoms with E-state index in [4.69, 9.17) is 11.6 Å². The van der Waals surface area contributed by atoms with E-state index in [0.29, 0.717) is 0 Å². The Morgan fingerprint density at radius 2 is 2.19 bits per heavy atom. The summed E-state index contributed by atoms with van der Waals surface area (Å²) in [7, 11) is 0. The molecule has 0 saturated heterocycles. The summed E-state index contributed by atoms with van der Waals surface area (Å²) in [6.07, 6.45) is 1.11. The Kier molecular flexibility index (Phi) is 5.04. The van der Waals surface area contributed by atoms with Crippen molar-refractivity contribution in [3.63, 3.8) is 0 Å². The molecule has 0 aliphatic heterocycles. The van der Waals surface area contributed by atoms with Gasteiger partial charge in [-0.25, -0.2) is 0 Å². The van der Waals surface area contributed by atoms with Crippen LogP contribution in [-0.4, -0.2) is 6.54 Å². The molecule has 1 aromatic rings. The second-order valence-corrected chi connectivity index (χ2v) is 4.67. The summed E-state index contributed by atoms with van der Waals surface area (Å²) in [4.78, 5) is 0. The van der Waals surface area contributed by atoms with Crippen molar-refractivity contribution in [3.05, 3.63) is 46.5 Å². The standard InChI is InChI=1S/C14H20ClN/c1-5-8-16-14(10(2)3)13-9-12(15)7-6-11(13)4/h6-7,9,14,16H,2,5,8H2,1,3-4H3. The van der Waals surface area contributed by atoms with Crippen LogP contribution >= 0.6 is 11.6 Å². The largest absolute Gasteiger partial charge is 0.307 e. The van der Waals surface area contributed by atoms with Crippen molar-refractivity contribution >= 4 is 11.6 Å². The number of nitrogens with one attached hydrogen (secondary N) is 1. The van der Waals surface area contributed by atoms with Gasteiger partial charge in [0.2, 0.25) is 0 Å². The van der Waals surface area contributed by atoms with Crippen molar-refractivity contribution in [2.24, 2.45) is 0 Å². The second-order valence-electron chi connectivity index (χ2n) is 4.23. The third kappa shape index (κ3) is 3.36. The predicted octanol–water partition coefficient (Wildman–Crippen LogP) is 4.27. The van der Waals surface area contributed by atoms with Gasteiger partial charge >= 0.3 is 0 Å². The first-order chi connectivity index (χ1) is 7.56. The van der Waals surface area contributed by atoms with Gasteiger partial charge in [0.15, 0.2) is 0 Å². The van der Waals surface area contributed by atoms with Gasteiger partial charge in [-0.3, -0.25) is 0 Å².